The number of fused-ring (bicyclic) bond motifs is 1. The molecule has 4 heteroatoms. The van der Waals surface area contributed by atoms with Crippen molar-refractivity contribution in [2.24, 2.45) is 0 Å². The highest BCUT2D eigenvalue weighted by atomic mass is 16.4. The van der Waals surface area contributed by atoms with Gasteiger partial charge in [0.1, 0.15) is 0 Å². The Bertz CT molecular complexity index is 643. The second-order valence-electron chi connectivity index (χ2n) is 4.67. The molecule has 1 atom stereocenters. The van der Waals surface area contributed by atoms with E-state index in [1.807, 2.05) is 36.6 Å². The molecule has 2 aromatic rings. The normalized spacial score (nSPS) is 15.8. The Labute approximate surface area is 124 Å². The molecular formula is C17H19NO3. The van der Waals surface area contributed by atoms with Crippen molar-refractivity contribution in [2.75, 3.05) is 0 Å². The molecule has 0 aliphatic carbocycles. The van der Waals surface area contributed by atoms with Crippen molar-refractivity contribution in [1.29, 1.82) is 0 Å². The number of carbonyl (C=O) groups excluding carboxylic acids is 1. The first-order valence-electron chi connectivity index (χ1n) is 7.20. The number of carboxylic acid groups (broad SMARTS) is 1. The minimum Gasteiger partial charge on any atom is -0.481 e. The molecule has 0 bridgehead atoms. The van der Waals surface area contributed by atoms with Gasteiger partial charge in [0.2, 0.25) is 5.78 Å². The third kappa shape index (κ3) is 2.75. The Kier molecular flexibility index (Phi) is 4.58. The molecule has 3 rings (SSSR count). The van der Waals surface area contributed by atoms with Crippen LogP contribution in [0.15, 0.2) is 42.5 Å². The van der Waals surface area contributed by atoms with Crippen molar-refractivity contribution < 1.29 is 14.7 Å². The first kappa shape index (κ1) is 15.0. The standard InChI is InChI=1S/C15H13NO3.C2H6/c17-14(10-4-2-1-3-5-10)13-7-6-12-11(15(18)19)8-9-16(12)13;1-2/h1-7,11H,8-9H2,(H,18,19);1-2H3/t11-;/m1./s1. The van der Waals surface area contributed by atoms with Gasteiger partial charge in [-0.05, 0) is 18.6 Å². The van der Waals surface area contributed by atoms with Gasteiger partial charge in [-0.3, -0.25) is 9.59 Å². The van der Waals surface area contributed by atoms with Crippen molar-refractivity contribution in [2.45, 2.75) is 32.7 Å². The summed E-state index contributed by atoms with van der Waals surface area (Å²) in [6.07, 6.45) is 0.556. The molecule has 1 aromatic carbocycles. The van der Waals surface area contributed by atoms with Crippen molar-refractivity contribution in [3.8, 4) is 0 Å². The van der Waals surface area contributed by atoms with Gasteiger partial charge in [0, 0.05) is 17.8 Å². The van der Waals surface area contributed by atoms with Gasteiger partial charge in [-0.1, -0.05) is 44.2 Å². The topological polar surface area (TPSA) is 59.3 Å². The van der Waals surface area contributed by atoms with E-state index in [1.54, 1.807) is 24.3 Å². The van der Waals surface area contributed by atoms with E-state index >= 15 is 0 Å². The third-order valence-electron chi connectivity index (χ3n) is 3.58. The molecule has 0 spiro atoms. The van der Waals surface area contributed by atoms with Crippen LogP contribution in [0.2, 0.25) is 0 Å². The van der Waals surface area contributed by atoms with Gasteiger partial charge >= 0.3 is 5.97 Å². The predicted octanol–water partition coefficient (Wildman–Crippen LogP) is 3.32. The Morgan fingerprint density at radius 1 is 1.10 bits per heavy atom. The fourth-order valence-electron chi connectivity index (χ4n) is 2.63. The lowest BCUT2D eigenvalue weighted by Crippen LogP contribution is -2.09. The smallest absolute Gasteiger partial charge is 0.312 e. The lowest BCUT2D eigenvalue weighted by Gasteiger charge is -2.05. The first-order chi connectivity index (χ1) is 10.2. The lowest BCUT2D eigenvalue weighted by atomic mass is 10.1. The maximum atomic E-state index is 12.4. The molecule has 1 N–H and O–H groups in total. The SMILES string of the molecule is CC.O=C(c1ccccc1)c1ccc2n1CC[C@H]2C(=O)O. The minimum atomic E-state index is -0.824. The molecule has 0 saturated heterocycles. The van der Waals surface area contributed by atoms with Crippen LogP contribution in [0.4, 0.5) is 0 Å². The summed E-state index contributed by atoms with van der Waals surface area (Å²) in [7, 11) is 0. The first-order valence-corrected chi connectivity index (χ1v) is 7.20. The van der Waals surface area contributed by atoms with Crippen molar-refractivity contribution in [3.05, 3.63) is 59.4 Å². The number of benzene rings is 1. The summed E-state index contributed by atoms with van der Waals surface area (Å²) >= 11 is 0. The lowest BCUT2D eigenvalue weighted by molar-refractivity contribution is -0.138. The fraction of sp³-hybridized carbons (Fsp3) is 0.294. The zero-order valence-electron chi connectivity index (χ0n) is 12.2. The number of hydrogen-bond donors (Lipinski definition) is 1. The molecule has 0 amide bonds. The second kappa shape index (κ2) is 6.39. The van der Waals surface area contributed by atoms with E-state index in [0.717, 1.165) is 5.69 Å². The largest absolute Gasteiger partial charge is 0.481 e. The molecule has 0 fully saturated rings. The Morgan fingerprint density at radius 2 is 1.76 bits per heavy atom. The van der Waals surface area contributed by atoms with Gasteiger partial charge in [-0.25, -0.2) is 0 Å². The van der Waals surface area contributed by atoms with E-state index in [2.05, 4.69) is 0 Å². The van der Waals surface area contributed by atoms with Gasteiger partial charge < -0.3 is 9.67 Å². The van der Waals surface area contributed by atoms with E-state index in [9.17, 15) is 9.59 Å². The van der Waals surface area contributed by atoms with E-state index in [-0.39, 0.29) is 5.78 Å². The zero-order chi connectivity index (χ0) is 15.4. The van der Waals surface area contributed by atoms with Crippen molar-refractivity contribution in [1.82, 2.24) is 4.57 Å². The van der Waals surface area contributed by atoms with Crippen molar-refractivity contribution in [3.63, 3.8) is 0 Å². The summed E-state index contributed by atoms with van der Waals surface area (Å²) in [4.78, 5) is 23.5. The van der Waals surface area contributed by atoms with E-state index in [1.165, 1.54) is 0 Å². The number of aliphatic carboxylic acids is 1. The fourth-order valence-corrected chi connectivity index (χ4v) is 2.63. The summed E-state index contributed by atoms with van der Waals surface area (Å²) in [5, 5.41) is 9.13. The highest BCUT2D eigenvalue weighted by molar-refractivity contribution is 6.08. The highest BCUT2D eigenvalue weighted by Gasteiger charge is 2.31. The van der Waals surface area contributed by atoms with Gasteiger partial charge in [0.15, 0.2) is 0 Å². The molecule has 1 aliphatic heterocycles. The number of carboxylic acids is 1. The summed E-state index contributed by atoms with van der Waals surface area (Å²) in [6, 6.07) is 12.5. The van der Waals surface area contributed by atoms with Gasteiger partial charge in [0.25, 0.3) is 0 Å². The van der Waals surface area contributed by atoms with Crippen LogP contribution < -0.4 is 0 Å². The number of ketones is 1. The number of hydrogen-bond acceptors (Lipinski definition) is 2. The van der Waals surface area contributed by atoms with E-state index < -0.39 is 11.9 Å². The summed E-state index contributed by atoms with van der Waals surface area (Å²) < 4.78 is 1.83. The molecular weight excluding hydrogens is 266 g/mol. The maximum absolute atomic E-state index is 12.4. The molecule has 2 heterocycles. The molecule has 0 radical (unpaired) electrons. The zero-order valence-corrected chi connectivity index (χ0v) is 12.2. The van der Waals surface area contributed by atoms with Crippen LogP contribution in [-0.4, -0.2) is 21.4 Å². The number of nitrogens with zero attached hydrogens (tertiary/aromatic N) is 1. The second-order valence-corrected chi connectivity index (χ2v) is 4.67. The third-order valence-corrected chi connectivity index (χ3v) is 3.58. The summed E-state index contributed by atoms with van der Waals surface area (Å²) in [5.74, 6) is -1.37. The minimum absolute atomic E-state index is 0.0575. The molecule has 4 nitrogen and oxygen atoms in total. The van der Waals surface area contributed by atoms with Gasteiger partial charge in [0.05, 0.1) is 11.6 Å². The van der Waals surface area contributed by atoms with Crippen LogP contribution in [0.25, 0.3) is 0 Å². The summed E-state index contributed by atoms with van der Waals surface area (Å²) in [6.45, 7) is 4.59. The molecule has 21 heavy (non-hydrogen) atoms. The molecule has 1 aromatic heterocycles. The predicted molar refractivity (Wildman–Crippen MR) is 80.6 cm³/mol. The Morgan fingerprint density at radius 3 is 2.38 bits per heavy atom. The molecule has 0 unspecified atom stereocenters. The average molecular weight is 285 g/mol. The molecule has 0 saturated carbocycles. The average Bonchev–Trinajstić information content (AvgIpc) is 3.10. The number of rotatable bonds is 3. The maximum Gasteiger partial charge on any atom is 0.312 e. The van der Waals surface area contributed by atoms with Crippen LogP contribution in [-0.2, 0) is 11.3 Å². The monoisotopic (exact) mass is 285 g/mol. The number of aromatic nitrogens is 1. The highest BCUT2D eigenvalue weighted by Crippen LogP contribution is 2.31. The van der Waals surface area contributed by atoms with Crippen LogP contribution in [0.1, 0.15) is 47.9 Å². The van der Waals surface area contributed by atoms with Crippen LogP contribution in [0.3, 0.4) is 0 Å². The van der Waals surface area contributed by atoms with Gasteiger partial charge in [-0.15, -0.1) is 0 Å². The molecule has 110 valence electrons. The quantitative estimate of drug-likeness (QED) is 0.880. The summed E-state index contributed by atoms with van der Waals surface area (Å²) in [5.41, 5.74) is 1.93. The Hall–Kier alpha value is -2.36. The van der Waals surface area contributed by atoms with Gasteiger partial charge in [-0.2, -0.15) is 0 Å². The molecule has 1 aliphatic rings. The van der Waals surface area contributed by atoms with E-state index in [0.29, 0.717) is 24.2 Å². The van der Waals surface area contributed by atoms with Crippen LogP contribution in [0, 0.1) is 0 Å². The van der Waals surface area contributed by atoms with E-state index in [4.69, 9.17) is 5.11 Å². The van der Waals surface area contributed by atoms with Crippen LogP contribution in [0.5, 0.6) is 0 Å². The van der Waals surface area contributed by atoms with Crippen molar-refractivity contribution >= 4 is 11.8 Å². The Balaban J connectivity index is 0.000000774. The van der Waals surface area contributed by atoms with Crippen LogP contribution >= 0.6 is 0 Å². The number of carbonyl (C=O) groups is 2.